The van der Waals surface area contributed by atoms with Crippen molar-refractivity contribution in [2.75, 3.05) is 78.5 Å². The van der Waals surface area contributed by atoms with Gasteiger partial charge in [-0.25, -0.2) is 0 Å². The maximum Gasteiger partial charge on any atom is 0.0771 e. The summed E-state index contributed by atoms with van der Waals surface area (Å²) in [6, 6.07) is 0. The molecule has 9 fully saturated rings. The van der Waals surface area contributed by atoms with Gasteiger partial charge in [0.1, 0.15) is 0 Å². The average molecular weight is 946 g/mol. The van der Waals surface area contributed by atoms with E-state index < -0.39 is 0 Å². The lowest BCUT2D eigenvalue weighted by Gasteiger charge is -2.48. The summed E-state index contributed by atoms with van der Waals surface area (Å²) in [5.41, 5.74) is 0.559. The first-order chi connectivity index (χ1) is 33.7. The molecule has 4 saturated heterocycles. The molecule has 394 valence electrons. The van der Waals surface area contributed by atoms with Crippen molar-refractivity contribution >= 4 is 0 Å². The summed E-state index contributed by atoms with van der Waals surface area (Å²) in [4.78, 5) is 11.3. The zero-order valence-electron chi connectivity index (χ0n) is 45.9. The standard InChI is InChI=1S/C63H116N4O/c1-3-5-7-9-11-13-15-17-19-21-23-25-27-29-31-33-35-37-41-64-45-49-66(50-46-64)43-39-62-58-54-53-55-57-56(54)60(62)61(57)63(68-62,59(55)58)40-44-67-51-47-65(48-52-67)42-38-36-34-32-30-28-26-24-22-20-18-16-14-12-10-8-6-4-2/h54-61H,3-53H2,1-2H3. The number of nitrogens with zero attached hydrogens (tertiary/aromatic N) is 4. The highest BCUT2D eigenvalue weighted by atomic mass is 16.5. The molecular formula is C63H116N4O. The fraction of sp³-hybridized carbons (Fsp3) is 1.00. The van der Waals surface area contributed by atoms with Crippen molar-refractivity contribution in [2.24, 2.45) is 47.3 Å². The molecule has 4 heterocycles. The Balaban J connectivity index is 0.610. The monoisotopic (exact) mass is 945 g/mol. The lowest BCUT2D eigenvalue weighted by Crippen LogP contribution is -2.54. The molecule has 4 bridgehead atoms. The Morgan fingerprint density at radius 3 is 0.794 bits per heavy atom. The van der Waals surface area contributed by atoms with E-state index >= 15 is 0 Å². The molecule has 5 nitrogen and oxygen atoms in total. The average Bonchev–Trinajstić information content (AvgIpc) is 4.06. The van der Waals surface area contributed by atoms with Gasteiger partial charge < -0.3 is 24.3 Å². The second kappa shape index (κ2) is 29.0. The van der Waals surface area contributed by atoms with Crippen LogP contribution in [0.5, 0.6) is 0 Å². The Hall–Kier alpha value is -0.200. The van der Waals surface area contributed by atoms with E-state index in [1.54, 1.807) is 6.42 Å². The second-order valence-corrected chi connectivity index (χ2v) is 25.7. The van der Waals surface area contributed by atoms with E-state index in [9.17, 15) is 0 Å². The van der Waals surface area contributed by atoms with Crippen molar-refractivity contribution in [1.82, 2.24) is 19.6 Å². The highest BCUT2D eigenvalue weighted by molar-refractivity contribution is 5.43. The fourth-order valence-corrected chi connectivity index (χ4v) is 17.9. The third-order valence-electron chi connectivity index (χ3n) is 21.4. The van der Waals surface area contributed by atoms with Crippen LogP contribution in [0.2, 0.25) is 0 Å². The highest BCUT2D eigenvalue weighted by Gasteiger charge is 2.96. The first-order valence-corrected chi connectivity index (χ1v) is 32.3. The Bertz CT molecular complexity index is 1240. The van der Waals surface area contributed by atoms with Crippen LogP contribution in [0.3, 0.4) is 0 Å². The Kier molecular flexibility index (Phi) is 23.1. The summed E-state index contributed by atoms with van der Waals surface area (Å²) in [7, 11) is 0. The van der Waals surface area contributed by atoms with Crippen LogP contribution in [0.4, 0.5) is 0 Å². The fourth-order valence-electron chi connectivity index (χ4n) is 17.9. The third-order valence-corrected chi connectivity index (χ3v) is 21.4. The van der Waals surface area contributed by atoms with Crippen LogP contribution < -0.4 is 0 Å². The van der Waals surface area contributed by atoms with E-state index in [1.165, 1.54) is 323 Å². The largest absolute Gasteiger partial charge is 0.367 e. The molecule has 0 amide bonds. The minimum Gasteiger partial charge on any atom is -0.367 e. The second-order valence-electron chi connectivity index (χ2n) is 25.7. The Labute approximate surface area is 423 Å². The van der Waals surface area contributed by atoms with Gasteiger partial charge in [-0.15, -0.1) is 0 Å². The lowest BCUT2D eigenvalue weighted by molar-refractivity contribution is -0.0867. The van der Waals surface area contributed by atoms with Gasteiger partial charge >= 0.3 is 0 Å². The van der Waals surface area contributed by atoms with E-state index in [-0.39, 0.29) is 11.2 Å². The van der Waals surface area contributed by atoms with E-state index in [0.717, 1.165) is 47.3 Å². The number of unbranched alkanes of at least 4 members (excludes halogenated alkanes) is 34. The van der Waals surface area contributed by atoms with Crippen LogP contribution in [0.1, 0.15) is 264 Å². The number of hydrogen-bond donors (Lipinski definition) is 0. The van der Waals surface area contributed by atoms with Crippen molar-refractivity contribution in [3.63, 3.8) is 0 Å². The van der Waals surface area contributed by atoms with Crippen LogP contribution in [0, 0.1) is 47.3 Å². The van der Waals surface area contributed by atoms with E-state index in [2.05, 4.69) is 33.4 Å². The Morgan fingerprint density at radius 2 is 0.529 bits per heavy atom. The molecule has 5 saturated carbocycles. The molecule has 9 rings (SSSR count). The summed E-state index contributed by atoms with van der Waals surface area (Å²) >= 11 is 0. The molecule has 10 unspecified atom stereocenters. The molecule has 0 aromatic heterocycles. The molecule has 5 aliphatic carbocycles. The third kappa shape index (κ3) is 13.7. The van der Waals surface area contributed by atoms with Crippen LogP contribution in [0.25, 0.3) is 0 Å². The van der Waals surface area contributed by atoms with E-state index in [0.29, 0.717) is 0 Å². The van der Waals surface area contributed by atoms with Gasteiger partial charge in [-0.1, -0.05) is 232 Å². The number of ether oxygens (including phenoxy) is 1. The first-order valence-electron chi connectivity index (χ1n) is 32.3. The maximum atomic E-state index is 7.78. The molecule has 0 spiro atoms. The van der Waals surface area contributed by atoms with Gasteiger partial charge in [0.2, 0.25) is 0 Å². The predicted molar refractivity (Wildman–Crippen MR) is 292 cm³/mol. The van der Waals surface area contributed by atoms with Crippen molar-refractivity contribution < 1.29 is 4.74 Å². The van der Waals surface area contributed by atoms with E-state index in [4.69, 9.17) is 4.74 Å². The Morgan fingerprint density at radius 1 is 0.294 bits per heavy atom. The minimum atomic E-state index is 0.279. The number of rotatable bonds is 44. The molecular weight excluding hydrogens is 829 g/mol. The van der Waals surface area contributed by atoms with Gasteiger partial charge in [0.25, 0.3) is 0 Å². The quantitative estimate of drug-likeness (QED) is 0.0566. The molecule has 4 aliphatic heterocycles. The molecule has 10 atom stereocenters. The van der Waals surface area contributed by atoms with Gasteiger partial charge in [-0.2, -0.15) is 0 Å². The van der Waals surface area contributed by atoms with Crippen LogP contribution >= 0.6 is 0 Å². The molecule has 0 aromatic carbocycles. The van der Waals surface area contributed by atoms with Crippen molar-refractivity contribution in [3.8, 4) is 0 Å². The molecule has 0 aromatic rings. The summed E-state index contributed by atoms with van der Waals surface area (Å²) in [6.45, 7) is 20.3. The summed E-state index contributed by atoms with van der Waals surface area (Å²) < 4.78 is 7.78. The van der Waals surface area contributed by atoms with Gasteiger partial charge in [0.05, 0.1) is 11.2 Å². The van der Waals surface area contributed by atoms with Crippen molar-refractivity contribution in [2.45, 2.75) is 275 Å². The number of hydrogen-bond acceptors (Lipinski definition) is 5. The summed E-state index contributed by atoms with van der Waals surface area (Å²) in [6.07, 6.45) is 57.1. The predicted octanol–water partition coefficient (Wildman–Crippen LogP) is 16.0. The van der Waals surface area contributed by atoms with E-state index in [1.807, 2.05) is 0 Å². The van der Waals surface area contributed by atoms with Gasteiger partial charge in [-0.3, -0.25) is 0 Å². The summed E-state index contributed by atoms with van der Waals surface area (Å²) in [5.74, 6) is 8.02. The molecule has 0 radical (unpaired) electrons. The topological polar surface area (TPSA) is 22.2 Å². The lowest BCUT2D eigenvalue weighted by atomic mass is 9.54. The molecule has 5 heteroatoms. The van der Waals surface area contributed by atoms with Gasteiger partial charge in [0, 0.05) is 65.4 Å². The zero-order chi connectivity index (χ0) is 46.7. The SMILES string of the molecule is CCCCCCCCCCCCCCCCCCCCN1CCN(CCC23OC4(CCN5CCN(CCCCCCCCCCCCCCCCCCCC)CC5)C5C6CC(C7C6C4C72)C53)CC1. The molecule has 0 N–H and O–H groups in total. The van der Waals surface area contributed by atoms with Gasteiger partial charge in [0.15, 0.2) is 0 Å². The van der Waals surface area contributed by atoms with Crippen LogP contribution in [0.15, 0.2) is 0 Å². The van der Waals surface area contributed by atoms with Crippen molar-refractivity contribution in [3.05, 3.63) is 0 Å². The smallest absolute Gasteiger partial charge is 0.0771 e. The maximum absolute atomic E-state index is 7.78. The number of piperazine rings is 2. The zero-order valence-corrected chi connectivity index (χ0v) is 45.9. The molecule has 68 heavy (non-hydrogen) atoms. The highest BCUT2D eigenvalue weighted by Crippen LogP contribution is 2.94. The van der Waals surface area contributed by atoms with Crippen LogP contribution in [-0.2, 0) is 4.74 Å². The minimum absolute atomic E-state index is 0.279. The molecule has 9 aliphatic rings. The van der Waals surface area contributed by atoms with Gasteiger partial charge in [-0.05, 0) is 92.5 Å². The first kappa shape index (κ1) is 54.1. The normalized spacial score (nSPS) is 32.6. The summed E-state index contributed by atoms with van der Waals surface area (Å²) in [5, 5.41) is 0. The van der Waals surface area contributed by atoms with Crippen molar-refractivity contribution in [1.29, 1.82) is 0 Å². The van der Waals surface area contributed by atoms with Crippen LogP contribution in [-0.4, -0.2) is 109 Å².